The first-order chi connectivity index (χ1) is 7.47. The summed E-state index contributed by atoms with van der Waals surface area (Å²) in [6, 6.07) is 5.02. The topological polar surface area (TPSA) is 85.0 Å². The van der Waals surface area contributed by atoms with E-state index in [1.54, 1.807) is 0 Å². The summed E-state index contributed by atoms with van der Waals surface area (Å²) in [5.41, 5.74) is 0.139. The van der Waals surface area contributed by atoms with E-state index in [9.17, 15) is 9.90 Å². The lowest BCUT2D eigenvalue weighted by Gasteiger charge is -2.02. The summed E-state index contributed by atoms with van der Waals surface area (Å²) in [6.45, 7) is 1.14. The molecule has 0 aliphatic heterocycles. The molecule has 0 aliphatic carbocycles. The molecule has 0 heterocycles. The molecule has 1 aromatic rings. The predicted octanol–water partition coefficient (Wildman–Crippen LogP) is -1.42. The van der Waals surface area contributed by atoms with E-state index in [0.717, 1.165) is 6.54 Å². The van der Waals surface area contributed by atoms with E-state index in [4.69, 9.17) is 10.2 Å². The second kappa shape index (κ2) is 7.67. The molecular formula is C11H17NO4. The van der Waals surface area contributed by atoms with Crippen molar-refractivity contribution in [1.29, 1.82) is 0 Å². The fraction of sp³-hybridized carbons (Fsp3) is 0.364. The van der Waals surface area contributed by atoms with Crippen LogP contribution in [0.3, 0.4) is 0 Å². The molecule has 0 amide bonds. The van der Waals surface area contributed by atoms with Crippen molar-refractivity contribution in [1.82, 2.24) is 0 Å². The van der Waals surface area contributed by atoms with Crippen LogP contribution in [0.4, 0.5) is 0 Å². The molecular weight excluding hydrogens is 210 g/mol. The SMILES string of the molecule is C[NH+](C)CCO.O=C(O)c1ccc([O-])cc1. The molecule has 0 aliphatic rings. The van der Waals surface area contributed by atoms with Crippen LogP contribution in [0.25, 0.3) is 0 Å². The van der Waals surface area contributed by atoms with E-state index in [-0.39, 0.29) is 11.3 Å². The van der Waals surface area contributed by atoms with Gasteiger partial charge < -0.3 is 20.2 Å². The number of hydrogen-bond donors (Lipinski definition) is 3. The minimum atomic E-state index is -1.01. The van der Waals surface area contributed by atoms with Crippen LogP contribution < -0.4 is 10.0 Å². The van der Waals surface area contributed by atoms with Crippen LogP contribution in [0.5, 0.6) is 5.75 Å². The largest absolute Gasteiger partial charge is 0.872 e. The maximum absolute atomic E-state index is 10.5. The van der Waals surface area contributed by atoms with Crippen LogP contribution in [0.2, 0.25) is 0 Å². The lowest BCUT2D eigenvalue weighted by Crippen LogP contribution is -3.06. The summed E-state index contributed by atoms with van der Waals surface area (Å²) in [7, 11) is 4.02. The summed E-state index contributed by atoms with van der Waals surface area (Å²) in [4.78, 5) is 11.5. The molecule has 0 saturated heterocycles. The first-order valence-corrected chi connectivity index (χ1v) is 4.87. The molecule has 0 bridgehead atoms. The minimum absolute atomic E-state index is 0.139. The standard InChI is InChI=1S/C7H6O3.C4H11NO/c8-6-3-1-5(2-4-6)7(9)10;1-5(2)3-4-6/h1-4,8H,(H,9,10);6H,3-4H2,1-2H3. The number of quaternary nitrogens is 1. The molecule has 0 aromatic heterocycles. The number of rotatable bonds is 3. The van der Waals surface area contributed by atoms with Crippen molar-refractivity contribution < 1.29 is 25.0 Å². The van der Waals surface area contributed by atoms with Crippen molar-refractivity contribution >= 4 is 5.97 Å². The van der Waals surface area contributed by atoms with Crippen LogP contribution in [0.1, 0.15) is 10.4 Å². The number of hydrogen-bond acceptors (Lipinski definition) is 3. The van der Waals surface area contributed by atoms with Gasteiger partial charge in [-0.05, 0) is 12.1 Å². The van der Waals surface area contributed by atoms with Gasteiger partial charge in [0.15, 0.2) is 0 Å². The Balaban J connectivity index is 0.000000325. The third-order valence-corrected chi connectivity index (χ3v) is 1.71. The average molecular weight is 227 g/mol. The fourth-order valence-corrected chi connectivity index (χ4v) is 0.821. The summed E-state index contributed by atoms with van der Waals surface area (Å²) in [5.74, 6) is -1.19. The maximum atomic E-state index is 10.5. The number of likely N-dealkylation sites (N-methyl/N-ethyl adjacent to an activating group) is 1. The molecule has 5 heteroatoms. The number of benzene rings is 1. The first-order valence-electron chi connectivity index (χ1n) is 4.87. The van der Waals surface area contributed by atoms with Crippen LogP contribution >= 0.6 is 0 Å². The third kappa shape index (κ3) is 6.80. The van der Waals surface area contributed by atoms with Crippen molar-refractivity contribution in [2.75, 3.05) is 27.2 Å². The second-order valence-corrected chi connectivity index (χ2v) is 3.51. The van der Waals surface area contributed by atoms with Crippen LogP contribution in [-0.2, 0) is 0 Å². The molecule has 3 N–H and O–H groups in total. The molecule has 1 aromatic carbocycles. The van der Waals surface area contributed by atoms with Gasteiger partial charge in [-0.25, -0.2) is 4.79 Å². The zero-order valence-corrected chi connectivity index (χ0v) is 9.43. The number of carboxylic acids is 1. The zero-order chi connectivity index (χ0) is 12.6. The Morgan fingerprint density at radius 2 is 1.81 bits per heavy atom. The van der Waals surface area contributed by atoms with Crippen molar-refractivity contribution in [2.24, 2.45) is 0 Å². The van der Waals surface area contributed by atoms with Gasteiger partial charge in [-0.1, -0.05) is 12.1 Å². The lowest BCUT2D eigenvalue weighted by molar-refractivity contribution is -0.858. The highest BCUT2D eigenvalue weighted by Gasteiger charge is 1.97. The molecule has 0 fully saturated rings. The molecule has 90 valence electrons. The third-order valence-electron chi connectivity index (χ3n) is 1.71. The van der Waals surface area contributed by atoms with Crippen LogP contribution in [-0.4, -0.2) is 43.4 Å². The van der Waals surface area contributed by atoms with E-state index in [0.29, 0.717) is 6.61 Å². The quantitative estimate of drug-likeness (QED) is 0.592. The Hall–Kier alpha value is -1.59. The Labute approximate surface area is 94.6 Å². The molecule has 0 unspecified atom stereocenters. The number of aliphatic hydroxyl groups is 1. The first kappa shape index (κ1) is 14.4. The molecule has 0 radical (unpaired) electrons. The highest BCUT2D eigenvalue weighted by atomic mass is 16.4. The van der Waals surface area contributed by atoms with Gasteiger partial charge in [0.1, 0.15) is 6.54 Å². The van der Waals surface area contributed by atoms with Crippen molar-refractivity contribution in [3.05, 3.63) is 29.8 Å². The van der Waals surface area contributed by atoms with Gasteiger partial charge in [0.25, 0.3) is 0 Å². The monoisotopic (exact) mass is 227 g/mol. The van der Waals surface area contributed by atoms with E-state index < -0.39 is 5.97 Å². The lowest BCUT2D eigenvalue weighted by atomic mass is 10.2. The highest BCUT2D eigenvalue weighted by Crippen LogP contribution is 2.05. The molecule has 0 saturated carbocycles. The number of aromatic carboxylic acids is 1. The minimum Gasteiger partial charge on any atom is -0.872 e. The number of aliphatic hydroxyl groups excluding tert-OH is 1. The maximum Gasteiger partial charge on any atom is 0.335 e. The predicted molar refractivity (Wildman–Crippen MR) is 57.6 cm³/mol. The van der Waals surface area contributed by atoms with Crippen LogP contribution in [0.15, 0.2) is 24.3 Å². The van der Waals surface area contributed by atoms with Gasteiger partial charge in [0.2, 0.25) is 0 Å². The Morgan fingerprint density at radius 1 is 1.31 bits per heavy atom. The van der Waals surface area contributed by atoms with Gasteiger partial charge in [-0.15, -0.1) is 5.75 Å². The smallest absolute Gasteiger partial charge is 0.335 e. The Bertz CT molecular complexity index is 308. The number of carboxylic acid groups (broad SMARTS) is 1. The van der Waals surface area contributed by atoms with E-state index >= 15 is 0 Å². The van der Waals surface area contributed by atoms with E-state index in [2.05, 4.69) is 0 Å². The average Bonchev–Trinajstić information content (AvgIpc) is 2.19. The van der Waals surface area contributed by atoms with Gasteiger partial charge in [0.05, 0.1) is 26.3 Å². The van der Waals surface area contributed by atoms with Gasteiger partial charge in [-0.3, -0.25) is 0 Å². The van der Waals surface area contributed by atoms with Crippen molar-refractivity contribution in [3.63, 3.8) is 0 Å². The normalized spacial score (nSPS) is 9.50. The van der Waals surface area contributed by atoms with Gasteiger partial charge in [-0.2, -0.15) is 0 Å². The van der Waals surface area contributed by atoms with E-state index in [1.807, 2.05) is 14.1 Å². The summed E-state index contributed by atoms with van der Waals surface area (Å²) in [6.07, 6.45) is 0. The van der Waals surface area contributed by atoms with Crippen LogP contribution in [0, 0.1) is 0 Å². The number of nitrogens with one attached hydrogen (secondary N) is 1. The Kier molecular flexibility index (Phi) is 6.91. The second-order valence-electron chi connectivity index (χ2n) is 3.51. The zero-order valence-electron chi connectivity index (χ0n) is 9.43. The molecule has 16 heavy (non-hydrogen) atoms. The molecule has 5 nitrogen and oxygen atoms in total. The fourth-order valence-electron chi connectivity index (χ4n) is 0.821. The van der Waals surface area contributed by atoms with E-state index in [1.165, 1.54) is 29.2 Å². The Morgan fingerprint density at radius 3 is 2.06 bits per heavy atom. The molecule has 1 rings (SSSR count). The van der Waals surface area contributed by atoms with Crippen molar-refractivity contribution in [3.8, 4) is 5.75 Å². The van der Waals surface area contributed by atoms with Crippen molar-refractivity contribution in [2.45, 2.75) is 0 Å². The molecule has 0 spiro atoms. The van der Waals surface area contributed by atoms with Gasteiger partial charge in [0, 0.05) is 0 Å². The molecule has 0 atom stereocenters. The highest BCUT2D eigenvalue weighted by molar-refractivity contribution is 5.87. The van der Waals surface area contributed by atoms with Gasteiger partial charge >= 0.3 is 5.97 Å². The summed E-state index contributed by atoms with van der Waals surface area (Å²) >= 11 is 0. The summed E-state index contributed by atoms with van der Waals surface area (Å²) in [5, 5.41) is 27.0. The number of carbonyl (C=O) groups is 1. The summed E-state index contributed by atoms with van der Waals surface area (Å²) < 4.78 is 0.